The SMILES string of the molecule is COc1cccc(C(=O)N2CCN(C(=O)[C@@H](C)NC(=O)Cc3cccc4ccccc34)CC2)c1. The number of rotatable bonds is 6. The molecule has 3 aromatic rings. The molecule has 7 heteroatoms. The van der Waals surface area contributed by atoms with E-state index in [0.717, 1.165) is 16.3 Å². The number of hydrogen-bond donors (Lipinski definition) is 1. The van der Waals surface area contributed by atoms with E-state index < -0.39 is 6.04 Å². The minimum atomic E-state index is -0.636. The highest BCUT2D eigenvalue weighted by Gasteiger charge is 2.28. The number of methoxy groups -OCH3 is 1. The van der Waals surface area contributed by atoms with Crippen molar-refractivity contribution in [2.45, 2.75) is 19.4 Å². The standard InChI is InChI=1S/C27H29N3O4/c1-19(28-25(31)18-21-9-5-8-20-7-3-4-12-24(20)21)26(32)29-13-15-30(16-14-29)27(33)22-10-6-11-23(17-22)34-2/h3-12,17,19H,13-16,18H2,1-2H3,(H,28,31)/t19-/m1/s1. The Labute approximate surface area is 199 Å². The maximum atomic E-state index is 12.9. The highest BCUT2D eigenvalue weighted by molar-refractivity contribution is 5.95. The quantitative estimate of drug-likeness (QED) is 0.615. The molecule has 1 N–H and O–H groups in total. The van der Waals surface area contributed by atoms with E-state index in [1.54, 1.807) is 48.1 Å². The zero-order chi connectivity index (χ0) is 24.1. The third kappa shape index (κ3) is 5.20. The first-order chi connectivity index (χ1) is 16.5. The van der Waals surface area contributed by atoms with E-state index in [2.05, 4.69) is 5.32 Å². The molecule has 1 heterocycles. The van der Waals surface area contributed by atoms with Gasteiger partial charge in [-0.2, -0.15) is 0 Å². The normalized spacial score (nSPS) is 14.5. The molecule has 34 heavy (non-hydrogen) atoms. The first-order valence-electron chi connectivity index (χ1n) is 11.4. The Morgan fingerprint density at radius 3 is 2.35 bits per heavy atom. The molecule has 1 aliphatic heterocycles. The molecule has 1 saturated heterocycles. The Balaban J connectivity index is 1.30. The summed E-state index contributed by atoms with van der Waals surface area (Å²) in [5.74, 6) is 0.221. The second-order valence-corrected chi connectivity index (χ2v) is 8.45. The van der Waals surface area contributed by atoms with Gasteiger partial charge in [0.15, 0.2) is 0 Å². The van der Waals surface area contributed by atoms with E-state index in [1.165, 1.54) is 0 Å². The number of carbonyl (C=O) groups is 3. The van der Waals surface area contributed by atoms with Gasteiger partial charge in [-0.05, 0) is 41.5 Å². The molecule has 3 aromatic carbocycles. The summed E-state index contributed by atoms with van der Waals surface area (Å²) in [5.41, 5.74) is 1.49. The average molecular weight is 460 g/mol. The fraction of sp³-hybridized carbons (Fsp3) is 0.296. The predicted octanol–water partition coefficient (Wildman–Crippen LogP) is 2.88. The number of fused-ring (bicyclic) bond motifs is 1. The van der Waals surface area contributed by atoms with Gasteiger partial charge >= 0.3 is 0 Å². The van der Waals surface area contributed by atoms with Gasteiger partial charge in [0.05, 0.1) is 13.5 Å². The lowest BCUT2D eigenvalue weighted by molar-refractivity contribution is -0.137. The van der Waals surface area contributed by atoms with Crippen LogP contribution in [0.15, 0.2) is 66.7 Å². The van der Waals surface area contributed by atoms with E-state index >= 15 is 0 Å². The first-order valence-corrected chi connectivity index (χ1v) is 11.4. The van der Waals surface area contributed by atoms with E-state index in [-0.39, 0.29) is 24.1 Å². The molecule has 1 fully saturated rings. The molecule has 0 aromatic heterocycles. The van der Waals surface area contributed by atoms with Gasteiger partial charge in [-0.25, -0.2) is 0 Å². The van der Waals surface area contributed by atoms with Crippen molar-refractivity contribution in [3.8, 4) is 5.75 Å². The summed E-state index contributed by atoms with van der Waals surface area (Å²) in [4.78, 5) is 41.8. The van der Waals surface area contributed by atoms with Crippen molar-refractivity contribution in [3.05, 3.63) is 77.9 Å². The van der Waals surface area contributed by atoms with Gasteiger partial charge in [-0.1, -0.05) is 48.5 Å². The predicted molar refractivity (Wildman–Crippen MR) is 131 cm³/mol. The van der Waals surface area contributed by atoms with Crippen LogP contribution in [-0.2, 0) is 16.0 Å². The minimum absolute atomic E-state index is 0.0811. The minimum Gasteiger partial charge on any atom is -0.497 e. The van der Waals surface area contributed by atoms with Crippen LogP contribution in [0, 0.1) is 0 Å². The second kappa shape index (κ2) is 10.4. The summed E-state index contributed by atoms with van der Waals surface area (Å²) in [6, 6.07) is 20.2. The van der Waals surface area contributed by atoms with Gasteiger partial charge in [0.25, 0.3) is 5.91 Å². The highest BCUT2D eigenvalue weighted by Crippen LogP contribution is 2.19. The molecule has 0 bridgehead atoms. The molecule has 176 valence electrons. The Morgan fingerprint density at radius 1 is 0.912 bits per heavy atom. The van der Waals surface area contributed by atoms with Crippen molar-refractivity contribution >= 4 is 28.5 Å². The van der Waals surface area contributed by atoms with Crippen LogP contribution in [0.4, 0.5) is 0 Å². The monoisotopic (exact) mass is 459 g/mol. The molecular weight excluding hydrogens is 430 g/mol. The number of nitrogens with zero attached hydrogens (tertiary/aromatic N) is 2. The van der Waals surface area contributed by atoms with E-state index in [9.17, 15) is 14.4 Å². The van der Waals surface area contributed by atoms with Crippen LogP contribution in [-0.4, -0.2) is 66.9 Å². The largest absolute Gasteiger partial charge is 0.497 e. The lowest BCUT2D eigenvalue weighted by atomic mass is 10.0. The Kier molecular flexibility index (Phi) is 7.11. The van der Waals surface area contributed by atoms with Crippen molar-refractivity contribution in [2.24, 2.45) is 0 Å². The molecule has 0 aliphatic carbocycles. The number of amides is 3. The smallest absolute Gasteiger partial charge is 0.254 e. The Bertz CT molecular complexity index is 1200. The number of hydrogen-bond acceptors (Lipinski definition) is 4. The van der Waals surface area contributed by atoms with Crippen LogP contribution in [0.25, 0.3) is 10.8 Å². The van der Waals surface area contributed by atoms with Gasteiger partial charge < -0.3 is 19.9 Å². The molecule has 3 amide bonds. The van der Waals surface area contributed by atoms with Crippen LogP contribution >= 0.6 is 0 Å². The summed E-state index contributed by atoms with van der Waals surface area (Å²) < 4.78 is 5.20. The van der Waals surface area contributed by atoms with Gasteiger partial charge in [0.1, 0.15) is 11.8 Å². The molecule has 0 unspecified atom stereocenters. The average Bonchev–Trinajstić information content (AvgIpc) is 2.88. The molecule has 0 saturated carbocycles. The van der Waals surface area contributed by atoms with Crippen LogP contribution in [0.5, 0.6) is 5.75 Å². The summed E-state index contributed by atoms with van der Waals surface area (Å²) in [5, 5.41) is 4.96. The van der Waals surface area contributed by atoms with Gasteiger partial charge in [0, 0.05) is 31.7 Å². The molecule has 4 rings (SSSR count). The first kappa shape index (κ1) is 23.3. The summed E-state index contributed by atoms with van der Waals surface area (Å²) in [7, 11) is 1.57. The zero-order valence-corrected chi connectivity index (χ0v) is 19.5. The van der Waals surface area contributed by atoms with Crippen LogP contribution in [0.2, 0.25) is 0 Å². The number of carbonyl (C=O) groups excluding carboxylic acids is 3. The van der Waals surface area contributed by atoms with Gasteiger partial charge in [0.2, 0.25) is 11.8 Å². The van der Waals surface area contributed by atoms with E-state index in [4.69, 9.17) is 4.74 Å². The zero-order valence-electron chi connectivity index (χ0n) is 19.5. The molecule has 7 nitrogen and oxygen atoms in total. The van der Waals surface area contributed by atoms with Gasteiger partial charge in [-0.15, -0.1) is 0 Å². The fourth-order valence-corrected chi connectivity index (χ4v) is 4.32. The van der Waals surface area contributed by atoms with Crippen LogP contribution in [0.1, 0.15) is 22.8 Å². The maximum absolute atomic E-state index is 12.9. The number of benzene rings is 3. The molecule has 1 aliphatic rings. The molecule has 1 atom stereocenters. The van der Waals surface area contributed by atoms with Crippen LogP contribution in [0.3, 0.4) is 0 Å². The van der Waals surface area contributed by atoms with Crippen molar-refractivity contribution in [3.63, 3.8) is 0 Å². The van der Waals surface area contributed by atoms with E-state index in [1.807, 2.05) is 42.5 Å². The third-order valence-corrected chi connectivity index (χ3v) is 6.17. The highest BCUT2D eigenvalue weighted by atomic mass is 16.5. The number of nitrogens with one attached hydrogen (secondary N) is 1. The van der Waals surface area contributed by atoms with Gasteiger partial charge in [-0.3, -0.25) is 14.4 Å². The lowest BCUT2D eigenvalue weighted by Gasteiger charge is -2.36. The van der Waals surface area contributed by atoms with Crippen molar-refractivity contribution < 1.29 is 19.1 Å². The van der Waals surface area contributed by atoms with Crippen LogP contribution < -0.4 is 10.1 Å². The fourth-order valence-electron chi connectivity index (χ4n) is 4.32. The van der Waals surface area contributed by atoms with Crippen molar-refractivity contribution in [2.75, 3.05) is 33.3 Å². The van der Waals surface area contributed by atoms with Crippen molar-refractivity contribution in [1.82, 2.24) is 15.1 Å². The molecule has 0 spiro atoms. The summed E-state index contributed by atoms with van der Waals surface area (Å²) in [6.07, 6.45) is 0.210. The van der Waals surface area contributed by atoms with E-state index in [0.29, 0.717) is 37.5 Å². The topological polar surface area (TPSA) is 79.0 Å². The Hall–Kier alpha value is -3.87. The number of ether oxygens (including phenoxy) is 1. The summed E-state index contributed by atoms with van der Waals surface area (Å²) in [6.45, 7) is 3.45. The molecule has 0 radical (unpaired) electrons. The second-order valence-electron chi connectivity index (χ2n) is 8.45. The maximum Gasteiger partial charge on any atom is 0.254 e. The third-order valence-electron chi connectivity index (χ3n) is 6.17. The number of piperazine rings is 1. The lowest BCUT2D eigenvalue weighted by Crippen LogP contribution is -2.55. The van der Waals surface area contributed by atoms with Crippen molar-refractivity contribution in [1.29, 1.82) is 0 Å². The molecular formula is C27H29N3O4. The Morgan fingerprint density at radius 2 is 1.59 bits per heavy atom. The summed E-state index contributed by atoms with van der Waals surface area (Å²) >= 11 is 0.